The van der Waals surface area contributed by atoms with E-state index in [0.717, 1.165) is 22.5 Å². The van der Waals surface area contributed by atoms with Gasteiger partial charge in [0.2, 0.25) is 0 Å². The Balaban J connectivity index is 2.21. The Morgan fingerprint density at radius 1 is 1.05 bits per heavy atom. The maximum absolute atomic E-state index is 6.08. The summed E-state index contributed by atoms with van der Waals surface area (Å²) in [6.07, 6.45) is 0. The third kappa shape index (κ3) is 2.37. The van der Waals surface area contributed by atoms with Gasteiger partial charge >= 0.3 is 0 Å². The van der Waals surface area contributed by atoms with Crippen LogP contribution in [0.1, 0.15) is 11.1 Å². The van der Waals surface area contributed by atoms with Gasteiger partial charge in [-0.3, -0.25) is 4.99 Å². The molecule has 4 heteroatoms. The highest BCUT2D eigenvalue weighted by molar-refractivity contribution is 6.31. The summed E-state index contributed by atoms with van der Waals surface area (Å²) in [5.41, 5.74) is 9.48. The van der Waals surface area contributed by atoms with Crippen LogP contribution < -0.4 is 5.73 Å². The van der Waals surface area contributed by atoms with Crippen molar-refractivity contribution in [3.63, 3.8) is 0 Å². The van der Waals surface area contributed by atoms with E-state index in [0.29, 0.717) is 17.4 Å². The molecule has 0 unspecified atom stereocenters. The van der Waals surface area contributed by atoms with Gasteiger partial charge in [0, 0.05) is 16.1 Å². The van der Waals surface area contributed by atoms with E-state index in [1.165, 1.54) is 0 Å². The number of benzene rings is 2. The Bertz CT molecular complexity index is 675. The predicted octanol–water partition coefficient (Wildman–Crippen LogP) is 3.18. The predicted molar refractivity (Wildman–Crippen MR) is 79.7 cm³/mol. The SMILES string of the molecule is NC1=Nc2ccc(Cl)cc2C(c2ccccc2)=NC1. The second-order valence-corrected chi connectivity index (χ2v) is 4.73. The van der Waals surface area contributed by atoms with Crippen molar-refractivity contribution in [2.75, 3.05) is 6.54 Å². The lowest BCUT2D eigenvalue weighted by atomic mass is 10.0. The molecule has 0 aromatic heterocycles. The molecule has 0 aliphatic carbocycles. The Labute approximate surface area is 116 Å². The minimum atomic E-state index is 0.399. The van der Waals surface area contributed by atoms with Crippen LogP contribution in [0, 0.1) is 0 Å². The fourth-order valence-corrected chi connectivity index (χ4v) is 2.25. The zero-order chi connectivity index (χ0) is 13.2. The molecule has 3 rings (SSSR count). The second-order valence-electron chi connectivity index (χ2n) is 4.30. The van der Waals surface area contributed by atoms with Crippen LogP contribution >= 0.6 is 11.6 Å². The molecule has 3 nitrogen and oxygen atoms in total. The van der Waals surface area contributed by atoms with Crippen LogP contribution in [0.4, 0.5) is 5.69 Å². The highest BCUT2D eigenvalue weighted by Gasteiger charge is 2.15. The molecular formula is C15H12ClN3. The summed E-state index contributed by atoms with van der Waals surface area (Å²) in [6, 6.07) is 15.5. The molecule has 1 aliphatic rings. The van der Waals surface area contributed by atoms with E-state index in [2.05, 4.69) is 9.98 Å². The van der Waals surface area contributed by atoms with Crippen molar-refractivity contribution in [1.82, 2.24) is 0 Å². The number of rotatable bonds is 1. The van der Waals surface area contributed by atoms with Crippen molar-refractivity contribution in [1.29, 1.82) is 0 Å². The third-order valence-corrected chi connectivity index (χ3v) is 3.16. The highest BCUT2D eigenvalue weighted by atomic mass is 35.5. The van der Waals surface area contributed by atoms with Crippen molar-refractivity contribution in [2.45, 2.75) is 0 Å². The van der Waals surface area contributed by atoms with Gasteiger partial charge in [-0.05, 0) is 18.2 Å². The monoisotopic (exact) mass is 269 g/mol. The van der Waals surface area contributed by atoms with Gasteiger partial charge in [0.1, 0.15) is 5.84 Å². The molecule has 1 aliphatic heterocycles. The summed E-state index contributed by atoms with van der Waals surface area (Å²) >= 11 is 6.08. The Hall–Kier alpha value is -2.13. The number of fused-ring (bicyclic) bond motifs is 1. The molecule has 0 saturated carbocycles. The van der Waals surface area contributed by atoms with Crippen LogP contribution in [-0.4, -0.2) is 18.1 Å². The van der Waals surface area contributed by atoms with Crippen molar-refractivity contribution in [3.05, 3.63) is 64.7 Å². The quantitative estimate of drug-likeness (QED) is 0.849. The Morgan fingerprint density at radius 2 is 1.84 bits per heavy atom. The molecular weight excluding hydrogens is 258 g/mol. The lowest BCUT2D eigenvalue weighted by Crippen LogP contribution is -2.14. The first-order valence-electron chi connectivity index (χ1n) is 5.97. The molecule has 94 valence electrons. The van der Waals surface area contributed by atoms with Crippen LogP contribution in [-0.2, 0) is 0 Å². The molecule has 0 amide bonds. The zero-order valence-electron chi connectivity index (χ0n) is 10.2. The zero-order valence-corrected chi connectivity index (χ0v) is 10.9. The summed E-state index contributed by atoms with van der Waals surface area (Å²) in [5, 5.41) is 0.665. The molecule has 0 atom stereocenters. The minimum Gasteiger partial charge on any atom is -0.386 e. The number of hydrogen-bond donors (Lipinski definition) is 1. The molecule has 19 heavy (non-hydrogen) atoms. The van der Waals surface area contributed by atoms with Gasteiger partial charge in [-0.2, -0.15) is 0 Å². The molecule has 2 aromatic carbocycles. The minimum absolute atomic E-state index is 0.399. The first-order valence-corrected chi connectivity index (χ1v) is 6.34. The maximum atomic E-state index is 6.08. The number of nitrogens with zero attached hydrogens (tertiary/aromatic N) is 2. The number of nitrogens with two attached hydrogens (primary N) is 1. The van der Waals surface area contributed by atoms with E-state index in [4.69, 9.17) is 17.3 Å². The largest absolute Gasteiger partial charge is 0.386 e. The standard InChI is InChI=1S/C15H12ClN3/c16-11-6-7-13-12(8-11)15(18-9-14(17)19-13)10-4-2-1-3-5-10/h1-8H,9H2,(H2,17,19). The fourth-order valence-electron chi connectivity index (χ4n) is 2.07. The molecule has 0 radical (unpaired) electrons. The van der Waals surface area contributed by atoms with Crippen molar-refractivity contribution >= 4 is 28.8 Å². The van der Waals surface area contributed by atoms with Crippen LogP contribution in [0.25, 0.3) is 0 Å². The molecule has 0 bridgehead atoms. The Kier molecular flexibility index (Phi) is 3.05. The third-order valence-electron chi connectivity index (χ3n) is 2.92. The van der Waals surface area contributed by atoms with E-state index >= 15 is 0 Å². The average Bonchev–Trinajstić information content (AvgIpc) is 2.58. The average molecular weight is 270 g/mol. The van der Waals surface area contributed by atoms with Crippen molar-refractivity contribution in [2.24, 2.45) is 15.7 Å². The number of halogens is 1. The van der Waals surface area contributed by atoms with Crippen LogP contribution in [0.2, 0.25) is 5.02 Å². The smallest absolute Gasteiger partial charge is 0.121 e. The van der Waals surface area contributed by atoms with Gasteiger partial charge in [0.15, 0.2) is 0 Å². The maximum Gasteiger partial charge on any atom is 0.121 e. The molecule has 2 aromatic rings. The van der Waals surface area contributed by atoms with Crippen molar-refractivity contribution < 1.29 is 0 Å². The number of aliphatic imine (C=N–C) groups is 2. The summed E-state index contributed by atoms with van der Waals surface area (Å²) in [6.45, 7) is 0.399. The summed E-state index contributed by atoms with van der Waals surface area (Å²) in [4.78, 5) is 8.94. The fraction of sp³-hybridized carbons (Fsp3) is 0.0667. The summed E-state index contributed by atoms with van der Waals surface area (Å²) in [5.74, 6) is 0.509. The van der Waals surface area contributed by atoms with Gasteiger partial charge in [-0.25, -0.2) is 4.99 Å². The van der Waals surface area contributed by atoms with E-state index in [1.54, 1.807) is 0 Å². The van der Waals surface area contributed by atoms with Gasteiger partial charge in [0.25, 0.3) is 0 Å². The van der Waals surface area contributed by atoms with Gasteiger partial charge in [-0.15, -0.1) is 0 Å². The van der Waals surface area contributed by atoms with Crippen LogP contribution in [0.15, 0.2) is 58.5 Å². The first kappa shape index (κ1) is 11.9. The van der Waals surface area contributed by atoms with Crippen molar-refractivity contribution in [3.8, 4) is 0 Å². The molecule has 0 fully saturated rings. The summed E-state index contributed by atoms with van der Waals surface area (Å²) < 4.78 is 0. The molecule has 0 spiro atoms. The number of hydrogen-bond acceptors (Lipinski definition) is 3. The van der Waals surface area contributed by atoms with Gasteiger partial charge < -0.3 is 5.73 Å². The van der Waals surface area contributed by atoms with E-state index in [-0.39, 0.29) is 0 Å². The summed E-state index contributed by atoms with van der Waals surface area (Å²) in [7, 11) is 0. The first-order chi connectivity index (χ1) is 9.24. The van der Waals surface area contributed by atoms with Gasteiger partial charge in [0.05, 0.1) is 17.9 Å². The topological polar surface area (TPSA) is 50.7 Å². The normalized spacial score (nSPS) is 14.2. The molecule has 2 N–H and O–H groups in total. The lowest BCUT2D eigenvalue weighted by molar-refractivity contribution is 1.27. The number of amidine groups is 1. The van der Waals surface area contributed by atoms with Crippen LogP contribution in [0.3, 0.4) is 0 Å². The molecule has 0 saturated heterocycles. The van der Waals surface area contributed by atoms with E-state index in [1.807, 2.05) is 48.5 Å². The Morgan fingerprint density at radius 3 is 2.63 bits per heavy atom. The lowest BCUT2D eigenvalue weighted by Gasteiger charge is -2.08. The second kappa shape index (κ2) is 4.86. The molecule has 1 heterocycles. The van der Waals surface area contributed by atoms with Gasteiger partial charge in [-0.1, -0.05) is 41.9 Å². The van der Waals surface area contributed by atoms with Crippen LogP contribution in [0.5, 0.6) is 0 Å². The highest BCUT2D eigenvalue weighted by Crippen LogP contribution is 2.27. The van der Waals surface area contributed by atoms with E-state index in [9.17, 15) is 0 Å². The van der Waals surface area contributed by atoms with E-state index < -0.39 is 0 Å².